The maximum absolute atomic E-state index is 12.3. The molecule has 0 atom stereocenters. The Balaban J connectivity index is 2.34. The van der Waals surface area contributed by atoms with Gasteiger partial charge in [-0.25, -0.2) is 0 Å². The molecular weight excluding hydrogens is 252 g/mol. The minimum absolute atomic E-state index is 0.0300. The van der Waals surface area contributed by atoms with Crippen LogP contribution in [0.3, 0.4) is 0 Å². The molecule has 104 valence electrons. The van der Waals surface area contributed by atoms with Crippen molar-refractivity contribution in [3.8, 4) is 11.5 Å². The second kappa shape index (κ2) is 5.00. The number of ketones is 1. The van der Waals surface area contributed by atoms with Gasteiger partial charge in [-0.2, -0.15) is 0 Å². The number of carbonyl (C=O) groups excluding carboxylic acids is 1. The van der Waals surface area contributed by atoms with Gasteiger partial charge >= 0.3 is 0 Å². The van der Waals surface area contributed by atoms with Gasteiger partial charge in [-0.3, -0.25) is 4.79 Å². The first-order chi connectivity index (χ1) is 9.29. The highest BCUT2D eigenvalue weighted by Gasteiger charge is 2.17. The molecule has 0 saturated heterocycles. The molecule has 0 aliphatic heterocycles. The van der Waals surface area contributed by atoms with Gasteiger partial charge in [0, 0.05) is 11.6 Å². The van der Waals surface area contributed by atoms with Crippen molar-refractivity contribution >= 4 is 5.78 Å². The van der Waals surface area contributed by atoms with Gasteiger partial charge in [0.2, 0.25) is 0 Å². The summed E-state index contributed by atoms with van der Waals surface area (Å²) in [7, 11) is 0. The van der Waals surface area contributed by atoms with Gasteiger partial charge in [0.05, 0.1) is 5.56 Å². The Labute approximate surface area is 118 Å². The van der Waals surface area contributed by atoms with E-state index in [1.807, 2.05) is 12.1 Å². The molecule has 0 unspecified atom stereocenters. The second-order valence-electron chi connectivity index (χ2n) is 5.86. The maximum atomic E-state index is 12.3. The molecular formula is C17H18O3. The lowest BCUT2D eigenvalue weighted by Gasteiger charge is -2.19. The Morgan fingerprint density at radius 2 is 1.55 bits per heavy atom. The van der Waals surface area contributed by atoms with Crippen LogP contribution in [-0.2, 0) is 5.41 Å². The molecule has 2 aromatic carbocycles. The van der Waals surface area contributed by atoms with Gasteiger partial charge in [-0.05, 0) is 23.1 Å². The van der Waals surface area contributed by atoms with Crippen molar-refractivity contribution in [2.45, 2.75) is 26.2 Å². The zero-order valence-electron chi connectivity index (χ0n) is 11.8. The van der Waals surface area contributed by atoms with Gasteiger partial charge in [0.25, 0.3) is 0 Å². The van der Waals surface area contributed by atoms with Crippen molar-refractivity contribution in [2.24, 2.45) is 0 Å². The van der Waals surface area contributed by atoms with E-state index in [0.717, 1.165) is 11.6 Å². The lowest BCUT2D eigenvalue weighted by molar-refractivity contribution is 0.103. The van der Waals surface area contributed by atoms with Gasteiger partial charge in [0.1, 0.15) is 11.5 Å². The highest BCUT2D eigenvalue weighted by Crippen LogP contribution is 2.26. The van der Waals surface area contributed by atoms with Gasteiger partial charge < -0.3 is 10.2 Å². The molecule has 2 rings (SSSR count). The number of hydrogen-bond donors (Lipinski definition) is 2. The molecule has 3 nitrogen and oxygen atoms in total. The minimum atomic E-state index is -0.261. The minimum Gasteiger partial charge on any atom is -0.508 e. The molecule has 0 aromatic heterocycles. The zero-order valence-corrected chi connectivity index (χ0v) is 11.8. The van der Waals surface area contributed by atoms with Crippen LogP contribution >= 0.6 is 0 Å². The predicted octanol–water partition coefficient (Wildman–Crippen LogP) is 3.63. The van der Waals surface area contributed by atoms with Gasteiger partial charge in [-0.1, -0.05) is 45.0 Å². The summed E-state index contributed by atoms with van der Waals surface area (Å²) in [5, 5.41) is 19.0. The molecule has 3 heteroatoms. The van der Waals surface area contributed by atoms with E-state index in [1.165, 1.54) is 12.1 Å². The summed E-state index contributed by atoms with van der Waals surface area (Å²) < 4.78 is 0. The largest absolute Gasteiger partial charge is 0.508 e. The first kappa shape index (κ1) is 14.1. The van der Waals surface area contributed by atoms with Crippen LogP contribution in [0.4, 0.5) is 0 Å². The third kappa shape index (κ3) is 2.82. The van der Waals surface area contributed by atoms with Crippen LogP contribution in [0.5, 0.6) is 11.5 Å². The fourth-order valence-corrected chi connectivity index (χ4v) is 1.99. The summed E-state index contributed by atoms with van der Waals surface area (Å²) in [6, 6.07) is 11.3. The summed E-state index contributed by atoms with van der Waals surface area (Å²) in [6.07, 6.45) is 0. The van der Waals surface area contributed by atoms with E-state index in [1.54, 1.807) is 12.1 Å². The topological polar surface area (TPSA) is 57.5 Å². The highest BCUT2D eigenvalue weighted by atomic mass is 16.3. The van der Waals surface area contributed by atoms with Crippen molar-refractivity contribution in [2.75, 3.05) is 0 Å². The summed E-state index contributed by atoms with van der Waals surface area (Å²) >= 11 is 0. The first-order valence-corrected chi connectivity index (χ1v) is 6.46. The third-order valence-corrected chi connectivity index (χ3v) is 3.24. The Morgan fingerprint density at radius 1 is 0.950 bits per heavy atom. The van der Waals surface area contributed by atoms with E-state index in [4.69, 9.17) is 0 Å². The number of rotatable bonds is 2. The summed E-state index contributed by atoms with van der Waals surface area (Å²) in [5.41, 5.74) is 1.87. The van der Waals surface area contributed by atoms with Crippen molar-refractivity contribution < 1.29 is 15.0 Å². The Morgan fingerprint density at radius 3 is 2.05 bits per heavy atom. The summed E-state index contributed by atoms with van der Waals surface area (Å²) in [4.78, 5) is 12.3. The smallest absolute Gasteiger partial charge is 0.196 e. The summed E-state index contributed by atoms with van der Waals surface area (Å²) in [5.74, 6) is -0.542. The highest BCUT2D eigenvalue weighted by molar-refractivity contribution is 6.10. The fraction of sp³-hybridized carbons (Fsp3) is 0.235. The van der Waals surface area contributed by atoms with E-state index in [9.17, 15) is 15.0 Å². The number of carbonyl (C=O) groups is 1. The van der Waals surface area contributed by atoms with Crippen LogP contribution < -0.4 is 0 Å². The van der Waals surface area contributed by atoms with E-state index >= 15 is 0 Å². The van der Waals surface area contributed by atoms with Crippen molar-refractivity contribution in [3.05, 3.63) is 59.2 Å². The molecule has 2 aromatic rings. The number of hydrogen-bond acceptors (Lipinski definition) is 3. The van der Waals surface area contributed by atoms with E-state index in [0.29, 0.717) is 5.56 Å². The number of phenolic OH excluding ortho intramolecular Hbond substituents is 2. The lowest BCUT2D eigenvalue weighted by atomic mass is 9.86. The molecule has 20 heavy (non-hydrogen) atoms. The molecule has 0 bridgehead atoms. The number of aromatic hydroxyl groups is 2. The molecule has 0 aliphatic rings. The molecule has 0 heterocycles. The Kier molecular flexibility index (Phi) is 3.53. The van der Waals surface area contributed by atoms with Gasteiger partial charge in [0.15, 0.2) is 5.78 Å². The Bertz CT molecular complexity index is 634. The molecule has 2 N–H and O–H groups in total. The third-order valence-electron chi connectivity index (χ3n) is 3.24. The number of phenols is 2. The van der Waals surface area contributed by atoms with Crippen LogP contribution in [0.2, 0.25) is 0 Å². The van der Waals surface area contributed by atoms with Crippen LogP contribution in [0, 0.1) is 0 Å². The molecule has 0 saturated carbocycles. The molecule has 0 radical (unpaired) electrons. The predicted molar refractivity (Wildman–Crippen MR) is 78.3 cm³/mol. The van der Waals surface area contributed by atoms with E-state index in [-0.39, 0.29) is 28.3 Å². The normalized spacial score (nSPS) is 11.3. The van der Waals surface area contributed by atoms with Crippen LogP contribution in [0.25, 0.3) is 0 Å². The molecule has 0 aliphatic carbocycles. The fourth-order valence-electron chi connectivity index (χ4n) is 1.99. The quantitative estimate of drug-likeness (QED) is 0.819. The summed E-state index contributed by atoms with van der Waals surface area (Å²) in [6.45, 7) is 6.32. The average Bonchev–Trinajstić information content (AvgIpc) is 2.37. The zero-order chi connectivity index (χ0) is 14.9. The first-order valence-electron chi connectivity index (χ1n) is 6.46. The molecule has 0 amide bonds. The maximum Gasteiger partial charge on any atom is 0.196 e. The van der Waals surface area contributed by atoms with Crippen molar-refractivity contribution in [1.29, 1.82) is 0 Å². The second-order valence-corrected chi connectivity index (χ2v) is 5.86. The lowest BCUT2D eigenvalue weighted by Crippen LogP contribution is -2.11. The number of benzene rings is 2. The van der Waals surface area contributed by atoms with Crippen LogP contribution in [-0.4, -0.2) is 16.0 Å². The van der Waals surface area contributed by atoms with E-state index < -0.39 is 0 Å². The van der Waals surface area contributed by atoms with Crippen LogP contribution in [0.15, 0.2) is 42.5 Å². The van der Waals surface area contributed by atoms with Gasteiger partial charge in [-0.15, -0.1) is 0 Å². The molecule has 0 fully saturated rings. The Hall–Kier alpha value is -2.29. The van der Waals surface area contributed by atoms with Crippen molar-refractivity contribution in [3.63, 3.8) is 0 Å². The van der Waals surface area contributed by atoms with E-state index in [2.05, 4.69) is 20.8 Å². The SMILES string of the molecule is CC(C)(C)c1ccc(C(=O)c2ccc(O)cc2O)cc1. The molecule has 0 spiro atoms. The van der Waals surface area contributed by atoms with Crippen molar-refractivity contribution in [1.82, 2.24) is 0 Å². The monoisotopic (exact) mass is 270 g/mol. The standard InChI is InChI=1S/C17H18O3/c1-17(2,3)12-6-4-11(5-7-12)16(20)14-9-8-13(18)10-15(14)19/h4-10,18-19H,1-3H3. The van der Waals surface area contributed by atoms with Crippen LogP contribution in [0.1, 0.15) is 42.3 Å². The average molecular weight is 270 g/mol.